The molecular weight excluding hydrogens is 338 g/mol. The van der Waals surface area contributed by atoms with Gasteiger partial charge in [-0.05, 0) is 38.1 Å². The van der Waals surface area contributed by atoms with E-state index in [-0.39, 0.29) is 11.5 Å². The van der Waals surface area contributed by atoms with Crippen molar-refractivity contribution in [3.63, 3.8) is 0 Å². The van der Waals surface area contributed by atoms with Crippen molar-refractivity contribution in [2.75, 3.05) is 47.3 Å². The SMILES string of the molecule is CCS(=O)(=O)Nc1ccc(N2CCN(S(=O)(=O)CC)CC2)cc1. The van der Waals surface area contributed by atoms with Gasteiger partial charge in [0.15, 0.2) is 0 Å². The van der Waals surface area contributed by atoms with Crippen molar-refractivity contribution >= 4 is 31.4 Å². The highest BCUT2D eigenvalue weighted by Gasteiger charge is 2.25. The van der Waals surface area contributed by atoms with Gasteiger partial charge in [0.1, 0.15) is 0 Å². The lowest BCUT2D eigenvalue weighted by molar-refractivity contribution is 0.385. The molecule has 1 fully saturated rings. The molecule has 0 spiro atoms. The Labute approximate surface area is 138 Å². The number of anilines is 2. The van der Waals surface area contributed by atoms with Crippen LogP contribution in [-0.2, 0) is 20.0 Å². The van der Waals surface area contributed by atoms with Gasteiger partial charge in [-0.2, -0.15) is 4.31 Å². The first kappa shape index (κ1) is 18.0. The summed E-state index contributed by atoms with van der Waals surface area (Å²) < 4.78 is 50.8. The number of hydrogen-bond acceptors (Lipinski definition) is 5. The van der Waals surface area contributed by atoms with Gasteiger partial charge in [-0.15, -0.1) is 0 Å². The molecule has 0 saturated carbocycles. The number of nitrogens with zero attached hydrogens (tertiary/aromatic N) is 2. The smallest absolute Gasteiger partial charge is 0.232 e. The van der Waals surface area contributed by atoms with Gasteiger partial charge in [-0.3, -0.25) is 4.72 Å². The molecule has 1 N–H and O–H groups in total. The number of rotatable bonds is 6. The summed E-state index contributed by atoms with van der Waals surface area (Å²) in [7, 11) is -6.40. The van der Waals surface area contributed by atoms with E-state index in [1.165, 1.54) is 4.31 Å². The summed E-state index contributed by atoms with van der Waals surface area (Å²) in [6, 6.07) is 7.13. The van der Waals surface area contributed by atoms with Crippen LogP contribution < -0.4 is 9.62 Å². The van der Waals surface area contributed by atoms with E-state index in [0.29, 0.717) is 31.9 Å². The van der Waals surface area contributed by atoms with Gasteiger partial charge >= 0.3 is 0 Å². The molecule has 0 aromatic heterocycles. The standard InChI is InChI=1S/C14H23N3O4S2/c1-3-22(18,19)15-13-5-7-14(8-6-13)16-9-11-17(12-10-16)23(20,21)4-2/h5-8,15H,3-4,9-12H2,1-2H3. The van der Waals surface area contributed by atoms with Gasteiger partial charge in [0.2, 0.25) is 20.0 Å². The Morgan fingerprint density at radius 3 is 1.96 bits per heavy atom. The Kier molecular flexibility index (Phi) is 5.53. The summed E-state index contributed by atoms with van der Waals surface area (Å²) in [6.45, 7) is 5.43. The van der Waals surface area contributed by atoms with Crippen molar-refractivity contribution in [3.05, 3.63) is 24.3 Å². The first-order chi connectivity index (χ1) is 10.8. The fourth-order valence-electron chi connectivity index (χ4n) is 2.40. The molecule has 2 rings (SSSR count). The second kappa shape index (κ2) is 7.06. The maximum atomic E-state index is 11.8. The molecule has 0 aliphatic carbocycles. The van der Waals surface area contributed by atoms with Crippen LogP contribution >= 0.6 is 0 Å². The van der Waals surface area contributed by atoms with E-state index in [4.69, 9.17) is 0 Å². The molecule has 1 aliphatic rings. The maximum Gasteiger partial charge on any atom is 0.232 e. The van der Waals surface area contributed by atoms with Crippen molar-refractivity contribution in [2.45, 2.75) is 13.8 Å². The lowest BCUT2D eigenvalue weighted by Crippen LogP contribution is -2.49. The molecule has 9 heteroatoms. The number of piperazine rings is 1. The summed E-state index contributed by atoms with van der Waals surface area (Å²) in [4.78, 5) is 2.10. The molecule has 0 bridgehead atoms. The van der Waals surface area contributed by atoms with Crippen LogP contribution in [0.15, 0.2) is 24.3 Å². The van der Waals surface area contributed by atoms with Crippen molar-refractivity contribution < 1.29 is 16.8 Å². The molecule has 1 heterocycles. The van der Waals surface area contributed by atoms with E-state index in [0.717, 1.165) is 5.69 Å². The first-order valence-electron chi connectivity index (χ1n) is 7.60. The van der Waals surface area contributed by atoms with Gasteiger partial charge in [0.25, 0.3) is 0 Å². The Hall–Kier alpha value is -1.32. The third-order valence-corrected chi connectivity index (χ3v) is 7.07. The monoisotopic (exact) mass is 361 g/mol. The summed E-state index contributed by atoms with van der Waals surface area (Å²) >= 11 is 0. The Morgan fingerprint density at radius 2 is 1.48 bits per heavy atom. The topological polar surface area (TPSA) is 86.8 Å². The van der Waals surface area contributed by atoms with Gasteiger partial charge < -0.3 is 4.90 Å². The summed E-state index contributed by atoms with van der Waals surface area (Å²) in [6.07, 6.45) is 0. The van der Waals surface area contributed by atoms with E-state index < -0.39 is 20.0 Å². The Bertz CT molecular complexity index is 722. The highest BCUT2D eigenvalue weighted by Crippen LogP contribution is 2.21. The van der Waals surface area contributed by atoms with E-state index in [2.05, 4.69) is 9.62 Å². The molecule has 0 radical (unpaired) electrons. The second-order valence-corrected chi connectivity index (χ2v) is 9.61. The van der Waals surface area contributed by atoms with Crippen LogP contribution in [0.2, 0.25) is 0 Å². The normalized spacial score (nSPS) is 17.2. The summed E-state index contributed by atoms with van der Waals surface area (Å²) in [5.74, 6) is 0.155. The first-order valence-corrected chi connectivity index (χ1v) is 10.9. The molecule has 0 amide bonds. The van der Waals surface area contributed by atoms with Crippen molar-refractivity contribution in [3.8, 4) is 0 Å². The molecule has 1 aromatic rings. The zero-order valence-corrected chi connectivity index (χ0v) is 15.0. The zero-order valence-electron chi connectivity index (χ0n) is 13.4. The highest BCUT2D eigenvalue weighted by molar-refractivity contribution is 7.92. The maximum absolute atomic E-state index is 11.8. The Morgan fingerprint density at radius 1 is 0.913 bits per heavy atom. The lowest BCUT2D eigenvalue weighted by atomic mass is 10.2. The fourth-order valence-corrected chi connectivity index (χ4v) is 4.12. The molecule has 1 aliphatic heterocycles. The quantitative estimate of drug-likeness (QED) is 0.814. The lowest BCUT2D eigenvalue weighted by Gasteiger charge is -2.35. The van der Waals surface area contributed by atoms with E-state index in [9.17, 15) is 16.8 Å². The van der Waals surface area contributed by atoms with Crippen LogP contribution in [0.5, 0.6) is 0 Å². The minimum absolute atomic E-state index is 0.0304. The van der Waals surface area contributed by atoms with Gasteiger partial charge in [0.05, 0.1) is 11.5 Å². The van der Waals surface area contributed by atoms with Crippen molar-refractivity contribution in [2.24, 2.45) is 0 Å². The van der Waals surface area contributed by atoms with Gasteiger partial charge in [-0.1, -0.05) is 0 Å². The van der Waals surface area contributed by atoms with Crippen LogP contribution in [0.25, 0.3) is 0 Å². The molecule has 1 saturated heterocycles. The fraction of sp³-hybridized carbons (Fsp3) is 0.571. The molecule has 7 nitrogen and oxygen atoms in total. The van der Waals surface area contributed by atoms with E-state index >= 15 is 0 Å². The minimum Gasteiger partial charge on any atom is -0.369 e. The molecule has 1 aromatic carbocycles. The molecule has 23 heavy (non-hydrogen) atoms. The number of sulfonamides is 2. The largest absolute Gasteiger partial charge is 0.369 e. The van der Waals surface area contributed by atoms with Crippen molar-refractivity contribution in [1.82, 2.24) is 4.31 Å². The predicted octanol–water partition coefficient (Wildman–Crippen LogP) is 0.920. The number of benzene rings is 1. The summed E-state index contributed by atoms with van der Waals surface area (Å²) in [5.41, 5.74) is 1.49. The average molecular weight is 361 g/mol. The van der Waals surface area contributed by atoms with Gasteiger partial charge in [-0.25, -0.2) is 16.8 Å². The Balaban J connectivity index is 1.99. The minimum atomic E-state index is -3.27. The molecule has 0 atom stereocenters. The molecule has 130 valence electrons. The van der Waals surface area contributed by atoms with Crippen LogP contribution in [0, 0.1) is 0 Å². The van der Waals surface area contributed by atoms with Crippen LogP contribution in [0.4, 0.5) is 11.4 Å². The third-order valence-electron chi connectivity index (χ3n) is 3.88. The molecular formula is C14H23N3O4S2. The third kappa shape index (κ3) is 4.58. The summed E-state index contributed by atoms with van der Waals surface area (Å²) in [5, 5.41) is 0. The predicted molar refractivity (Wildman–Crippen MR) is 92.8 cm³/mol. The van der Waals surface area contributed by atoms with Crippen molar-refractivity contribution in [1.29, 1.82) is 0 Å². The van der Waals surface area contributed by atoms with E-state index in [1.807, 2.05) is 12.1 Å². The van der Waals surface area contributed by atoms with Gasteiger partial charge in [0, 0.05) is 37.6 Å². The average Bonchev–Trinajstić information content (AvgIpc) is 2.55. The molecule has 0 unspecified atom stereocenters. The zero-order chi connectivity index (χ0) is 17.1. The van der Waals surface area contributed by atoms with Crippen LogP contribution in [-0.4, -0.2) is 58.8 Å². The number of nitrogens with one attached hydrogen (secondary N) is 1. The number of hydrogen-bond donors (Lipinski definition) is 1. The van der Waals surface area contributed by atoms with E-state index in [1.54, 1.807) is 26.0 Å². The van der Waals surface area contributed by atoms with Crippen LogP contribution in [0.1, 0.15) is 13.8 Å². The highest BCUT2D eigenvalue weighted by atomic mass is 32.2. The van der Waals surface area contributed by atoms with Crippen LogP contribution in [0.3, 0.4) is 0 Å². The second-order valence-electron chi connectivity index (χ2n) is 5.34.